The molecule has 1 aliphatic rings. The number of nitrogens with zero attached hydrogens (tertiary/aromatic N) is 3. The van der Waals surface area contributed by atoms with E-state index in [1.807, 2.05) is 31.7 Å². The first-order valence-electron chi connectivity index (χ1n) is 8.72. The molecule has 0 bridgehead atoms. The van der Waals surface area contributed by atoms with Gasteiger partial charge in [0.2, 0.25) is 5.91 Å². The van der Waals surface area contributed by atoms with E-state index >= 15 is 0 Å². The second-order valence-corrected chi connectivity index (χ2v) is 7.65. The molecule has 2 aromatic rings. The zero-order chi connectivity index (χ0) is 18.1. The number of hydrogen-bond donors (Lipinski definition) is 0. The molecule has 1 saturated heterocycles. The fourth-order valence-electron chi connectivity index (χ4n) is 3.45. The maximum absolute atomic E-state index is 13.4. The Kier molecular flexibility index (Phi) is 5.27. The second-order valence-electron chi connectivity index (χ2n) is 6.80. The van der Waals surface area contributed by atoms with Gasteiger partial charge in [0.15, 0.2) is 0 Å². The van der Waals surface area contributed by atoms with Crippen molar-refractivity contribution in [3.8, 4) is 0 Å². The van der Waals surface area contributed by atoms with E-state index in [0.29, 0.717) is 0 Å². The van der Waals surface area contributed by atoms with Gasteiger partial charge in [-0.2, -0.15) is 0 Å². The fraction of sp³-hybridized carbons (Fsp3) is 0.474. The number of amides is 1. The summed E-state index contributed by atoms with van der Waals surface area (Å²) in [5, 5.41) is 0.775. The van der Waals surface area contributed by atoms with Crippen LogP contribution in [0.25, 0.3) is 10.9 Å². The van der Waals surface area contributed by atoms with Crippen LogP contribution in [0, 0.1) is 11.7 Å². The normalized spacial score (nSPS) is 17.5. The van der Waals surface area contributed by atoms with E-state index in [1.54, 1.807) is 6.07 Å². The van der Waals surface area contributed by atoms with Crippen LogP contribution in [-0.2, 0) is 4.79 Å². The average molecular weight is 408 g/mol. The van der Waals surface area contributed by atoms with Gasteiger partial charge in [0.25, 0.3) is 0 Å². The molecular formula is C19H23BrFN3O. The lowest BCUT2D eigenvalue weighted by Gasteiger charge is -2.29. The lowest BCUT2D eigenvalue weighted by molar-refractivity contribution is -0.136. The van der Waals surface area contributed by atoms with Crippen molar-refractivity contribution in [2.75, 3.05) is 24.5 Å². The largest absolute Gasteiger partial charge is 0.354 e. The highest BCUT2D eigenvalue weighted by Crippen LogP contribution is 2.31. The van der Waals surface area contributed by atoms with Gasteiger partial charge in [-0.05, 0) is 53.5 Å². The number of hydrogen-bond acceptors (Lipinski definition) is 3. The number of benzene rings is 1. The van der Waals surface area contributed by atoms with E-state index in [9.17, 15) is 9.18 Å². The molecule has 3 rings (SSSR count). The molecule has 0 radical (unpaired) electrons. The van der Waals surface area contributed by atoms with E-state index in [0.717, 1.165) is 47.2 Å². The summed E-state index contributed by atoms with van der Waals surface area (Å²) in [5.74, 6) is 0.806. The van der Waals surface area contributed by atoms with Gasteiger partial charge in [0.1, 0.15) is 11.6 Å². The summed E-state index contributed by atoms with van der Waals surface area (Å²) < 4.78 is 14.3. The highest BCUT2D eigenvalue weighted by Gasteiger charge is 2.32. The van der Waals surface area contributed by atoms with Gasteiger partial charge in [-0.3, -0.25) is 4.79 Å². The smallest absolute Gasteiger partial charge is 0.225 e. The van der Waals surface area contributed by atoms with Crippen LogP contribution in [0.4, 0.5) is 10.2 Å². The number of likely N-dealkylation sites (N-methyl/N-ethyl adjacent to an activating group) is 1. The highest BCUT2D eigenvalue weighted by atomic mass is 79.9. The maximum Gasteiger partial charge on any atom is 0.225 e. The van der Waals surface area contributed by atoms with Crippen molar-refractivity contribution in [1.82, 2.24) is 9.88 Å². The average Bonchev–Trinajstić information content (AvgIpc) is 3.04. The summed E-state index contributed by atoms with van der Waals surface area (Å²) in [7, 11) is 0. The first-order valence-corrected chi connectivity index (χ1v) is 9.51. The van der Waals surface area contributed by atoms with Crippen molar-refractivity contribution in [2.45, 2.75) is 33.2 Å². The zero-order valence-corrected chi connectivity index (χ0v) is 16.4. The number of aromatic nitrogens is 1. The molecule has 1 aromatic heterocycles. The quantitative estimate of drug-likeness (QED) is 0.760. The molecule has 4 nitrogen and oxygen atoms in total. The standard InChI is InChI=1S/C19H23BrFN3O/c1-4-24(19(25)12(2)3)15-7-8-23(11-15)18-16(20)10-13-9-14(21)5-6-17(13)22-18/h5-6,9-10,12,15H,4,7-8,11H2,1-3H3/t15-/m0/s1. The molecule has 0 spiro atoms. The molecule has 6 heteroatoms. The predicted octanol–water partition coefficient (Wildman–Crippen LogP) is 4.22. The van der Waals surface area contributed by atoms with Crippen molar-refractivity contribution < 1.29 is 9.18 Å². The molecule has 0 N–H and O–H groups in total. The molecular weight excluding hydrogens is 385 g/mol. The van der Waals surface area contributed by atoms with Crippen LogP contribution in [0.15, 0.2) is 28.7 Å². The predicted molar refractivity (Wildman–Crippen MR) is 102 cm³/mol. The maximum atomic E-state index is 13.4. The Morgan fingerprint density at radius 2 is 2.20 bits per heavy atom. The Labute approximate surface area is 156 Å². The molecule has 1 aliphatic heterocycles. The highest BCUT2D eigenvalue weighted by molar-refractivity contribution is 9.10. The zero-order valence-electron chi connectivity index (χ0n) is 14.8. The summed E-state index contributed by atoms with van der Waals surface area (Å²) in [6.07, 6.45) is 0.932. The molecule has 134 valence electrons. The summed E-state index contributed by atoms with van der Waals surface area (Å²) >= 11 is 3.57. The van der Waals surface area contributed by atoms with Crippen LogP contribution in [0.3, 0.4) is 0 Å². The lowest BCUT2D eigenvalue weighted by Crippen LogP contribution is -2.43. The van der Waals surface area contributed by atoms with E-state index in [4.69, 9.17) is 4.98 Å². The molecule has 1 aromatic carbocycles. The molecule has 25 heavy (non-hydrogen) atoms. The minimum atomic E-state index is -0.263. The Hall–Kier alpha value is -1.69. The molecule has 2 heterocycles. The van der Waals surface area contributed by atoms with Crippen molar-refractivity contribution in [3.63, 3.8) is 0 Å². The van der Waals surface area contributed by atoms with Gasteiger partial charge >= 0.3 is 0 Å². The number of carbonyl (C=O) groups excluding carboxylic acids is 1. The summed E-state index contributed by atoms with van der Waals surface area (Å²) in [6.45, 7) is 8.26. The number of fused-ring (bicyclic) bond motifs is 1. The van der Waals surface area contributed by atoms with Crippen LogP contribution < -0.4 is 4.90 Å². The minimum Gasteiger partial charge on any atom is -0.354 e. The van der Waals surface area contributed by atoms with Gasteiger partial charge in [0, 0.05) is 30.9 Å². The Balaban J connectivity index is 1.84. The van der Waals surface area contributed by atoms with E-state index in [-0.39, 0.29) is 23.7 Å². The number of rotatable bonds is 4. The Morgan fingerprint density at radius 3 is 2.88 bits per heavy atom. The first-order chi connectivity index (χ1) is 11.9. The topological polar surface area (TPSA) is 36.4 Å². The van der Waals surface area contributed by atoms with E-state index in [2.05, 4.69) is 20.8 Å². The van der Waals surface area contributed by atoms with Gasteiger partial charge in [-0.25, -0.2) is 9.37 Å². The summed E-state index contributed by atoms with van der Waals surface area (Å²) in [5.41, 5.74) is 0.772. The number of anilines is 1. The molecule has 0 saturated carbocycles. The molecule has 1 atom stereocenters. The fourth-order valence-corrected chi connectivity index (χ4v) is 4.03. The molecule has 1 amide bonds. The van der Waals surface area contributed by atoms with Crippen LogP contribution >= 0.6 is 15.9 Å². The third kappa shape index (κ3) is 3.64. The second kappa shape index (κ2) is 7.28. The van der Waals surface area contributed by atoms with Crippen LogP contribution in [0.2, 0.25) is 0 Å². The van der Waals surface area contributed by atoms with Crippen molar-refractivity contribution >= 4 is 38.6 Å². The van der Waals surface area contributed by atoms with E-state index < -0.39 is 0 Å². The van der Waals surface area contributed by atoms with Crippen molar-refractivity contribution in [2.24, 2.45) is 5.92 Å². The SMILES string of the molecule is CCN(C(=O)C(C)C)[C@H]1CCN(c2nc3ccc(F)cc3cc2Br)C1. The lowest BCUT2D eigenvalue weighted by atomic mass is 10.1. The molecule has 0 unspecified atom stereocenters. The number of carbonyl (C=O) groups is 1. The van der Waals surface area contributed by atoms with Crippen molar-refractivity contribution in [1.29, 1.82) is 0 Å². The van der Waals surface area contributed by atoms with Gasteiger partial charge in [-0.1, -0.05) is 13.8 Å². The first kappa shape index (κ1) is 18.1. The van der Waals surface area contributed by atoms with Gasteiger partial charge in [0.05, 0.1) is 16.0 Å². The minimum absolute atomic E-state index is 0.00873. The monoisotopic (exact) mass is 407 g/mol. The molecule has 0 aliphatic carbocycles. The van der Waals surface area contributed by atoms with Gasteiger partial charge < -0.3 is 9.80 Å². The van der Waals surface area contributed by atoms with Crippen LogP contribution in [0.1, 0.15) is 27.2 Å². The number of halogens is 2. The third-order valence-corrected chi connectivity index (χ3v) is 5.32. The number of pyridine rings is 1. The Bertz CT molecular complexity index is 796. The van der Waals surface area contributed by atoms with Gasteiger partial charge in [-0.15, -0.1) is 0 Å². The Morgan fingerprint density at radius 1 is 1.44 bits per heavy atom. The van der Waals surface area contributed by atoms with Crippen LogP contribution in [-0.4, -0.2) is 41.5 Å². The van der Waals surface area contributed by atoms with Crippen molar-refractivity contribution in [3.05, 3.63) is 34.6 Å². The van der Waals surface area contributed by atoms with Crippen LogP contribution in [0.5, 0.6) is 0 Å². The van der Waals surface area contributed by atoms with E-state index in [1.165, 1.54) is 12.1 Å². The third-order valence-electron chi connectivity index (χ3n) is 4.73. The summed E-state index contributed by atoms with van der Waals surface area (Å²) in [6, 6.07) is 6.74. The summed E-state index contributed by atoms with van der Waals surface area (Å²) in [4.78, 5) is 21.3. The molecule has 1 fully saturated rings.